The molecule has 43 heavy (non-hydrogen) atoms. The van der Waals surface area contributed by atoms with Gasteiger partial charge in [0.2, 0.25) is 0 Å². The van der Waals surface area contributed by atoms with Gasteiger partial charge in [0.15, 0.2) is 23.6 Å². The molecule has 2 fully saturated rings. The lowest BCUT2D eigenvalue weighted by Crippen LogP contribution is -2.74. The highest BCUT2D eigenvalue weighted by Gasteiger charge is 2.72. The summed E-state index contributed by atoms with van der Waals surface area (Å²) in [5.74, 6) is 1.93. The number of hydrogen-bond donors (Lipinski definition) is 6. The number of H-pyrrole nitrogens is 1. The zero-order valence-corrected chi connectivity index (χ0v) is 23.8. The largest absolute Gasteiger partial charge is 0.508 e. The molecule has 3 aliphatic carbocycles. The van der Waals surface area contributed by atoms with E-state index in [2.05, 4.69) is 26.3 Å². The summed E-state index contributed by atoms with van der Waals surface area (Å²) in [5, 5.41) is 37.8. The number of nitrogens with zero attached hydrogens (tertiary/aromatic N) is 2. The molecule has 1 saturated heterocycles. The first kappa shape index (κ1) is 25.3. The number of aromatic amines is 1. The molecule has 3 aromatic carbocycles. The zero-order chi connectivity index (χ0) is 29.1. The second-order valence-electron chi connectivity index (χ2n) is 13.2. The Kier molecular flexibility index (Phi) is 5.10. The zero-order valence-electron chi connectivity index (χ0n) is 23.8. The van der Waals surface area contributed by atoms with Crippen molar-refractivity contribution in [2.24, 2.45) is 16.6 Å². The van der Waals surface area contributed by atoms with Gasteiger partial charge in [0, 0.05) is 41.2 Å². The van der Waals surface area contributed by atoms with Crippen molar-refractivity contribution in [3.63, 3.8) is 0 Å². The molecule has 9 nitrogen and oxygen atoms in total. The minimum atomic E-state index is -1.03. The number of nitrogens with one attached hydrogen (secondary N) is 2. The van der Waals surface area contributed by atoms with Gasteiger partial charge in [-0.3, -0.25) is 4.90 Å². The van der Waals surface area contributed by atoms with Crippen molar-refractivity contribution in [3.8, 4) is 17.2 Å². The van der Waals surface area contributed by atoms with Gasteiger partial charge in [-0.05, 0) is 91.2 Å². The Bertz CT molecular complexity index is 1830. The normalized spacial score (nSPS) is 28.8. The fourth-order valence-corrected chi connectivity index (χ4v) is 8.66. The lowest BCUT2D eigenvalue weighted by Gasteiger charge is -2.62. The highest BCUT2D eigenvalue weighted by molar-refractivity contribution is 5.96. The smallest absolute Gasteiger partial charge is 0.193 e. The first-order valence-corrected chi connectivity index (χ1v) is 15.3. The summed E-state index contributed by atoms with van der Waals surface area (Å²) in [6.45, 7) is 2.35. The van der Waals surface area contributed by atoms with Crippen molar-refractivity contribution < 1.29 is 20.1 Å². The van der Waals surface area contributed by atoms with Crippen molar-refractivity contribution in [2.45, 2.75) is 61.8 Å². The predicted molar refractivity (Wildman–Crippen MR) is 164 cm³/mol. The number of aliphatic hydroxyl groups is 1. The Balaban J connectivity index is 1.12. The molecule has 2 aliphatic heterocycles. The van der Waals surface area contributed by atoms with Gasteiger partial charge in [-0.25, -0.2) is 4.99 Å². The number of anilines is 1. The van der Waals surface area contributed by atoms with E-state index >= 15 is 0 Å². The molecule has 0 radical (unpaired) electrons. The summed E-state index contributed by atoms with van der Waals surface area (Å²) in [5.41, 5.74) is 11.6. The molecular weight excluding hydrogens is 542 g/mol. The van der Waals surface area contributed by atoms with Crippen molar-refractivity contribution in [1.82, 2.24) is 9.88 Å². The molecule has 0 amide bonds. The third kappa shape index (κ3) is 3.49. The maximum atomic E-state index is 13.1. The standard InChI is InChI=1S/C34H35N5O4/c35-32(36-16-18-3-7-22(40)8-4-18)37-21-6-9-25-23(14-21)24-15-34(42)27-13-20-5-10-26(41)30-28(20)33(34,31(43-30)29(24)38-25)11-12-39(27)17-19-1-2-19/h3-10,14,19,27,31,38,40-42H,1-2,11-13,15-17H2,(H3,35,36,37)/t27-,31-,33-,34+/m0/s1. The molecule has 2 bridgehead atoms. The second-order valence-corrected chi connectivity index (χ2v) is 13.2. The van der Waals surface area contributed by atoms with Crippen molar-refractivity contribution in [2.75, 3.05) is 18.4 Å². The van der Waals surface area contributed by atoms with E-state index in [1.165, 1.54) is 18.4 Å². The van der Waals surface area contributed by atoms with E-state index in [4.69, 9.17) is 10.5 Å². The van der Waals surface area contributed by atoms with Crippen LogP contribution in [-0.2, 0) is 24.8 Å². The molecule has 4 aromatic rings. The second kappa shape index (κ2) is 8.67. The summed E-state index contributed by atoms with van der Waals surface area (Å²) in [7, 11) is 0. The molecule has 4 atom stereocenters. The highest BCUT2D eigenvalue weighted by Crippen LogP contribution is 2.69. The van der Waals surface area contributed by atoms with Crippen LogP contribution in [0.4, 0.5) is 5.69 Å². The maximum absolute atomic E-state index is 13.1. The van der Waals surface area contributed by atoms with Crippen LogP contribution in [-0.4, -0.2) is 55.9 Å². The number of fused-ring (bicyclic) bond motifs is 4. The molecule has 0 unspecified atom stereocenters. The van der Waals surface area contributed by atoms with Crippen LogP contribution in [0.25, 0.3) is 10.9 Å². The molecule has 3 heterocycles. The third-order valence-corrected chi connectivity index (χ3v) is 10.8. The molecule has 1 spiro atoms. The number of piperidine rings is 1. The maximum Gasteiger partial charge on any atom is 0.193 e. The average Bonchev–Trinajstić information content (AvgIpc) is 3.64. The van der Waals surface area contributed by atoms with Crippen molar-refractivity contribution >= 4 is 22.5 Å². The molecule has 5 aliphatic rings. The first-order valence-electron chi connectivity index (χ1n) is 15.3. The number of guanidine groups is 1. The molecule has 1 saturated carbocycles. The van der Waals surface area contributed by atoms with E-state index in [9.17, 15) is 15.3 Å². The van der Waals surface area contributed by atoms with Crippen molar-refractivity contribution in [3.05, 3.63) is 82.5 Å². The van der Waals surface area contributed by atoms with E-state index < -0.39 is 17.1 Å². The van der Waals surface area contributed by atoms with Gasteiger partial charge in [0.25, 0.3) is 0 Å². The molecule has 9 heteroatoms. The number of aliphatic imine (C=N–C) groups is 1. The van der Waals surface area contributed by atoms with E-state index in [-0.39, 0.29) is 17.5 Å². The van der Waals surface area contributed by atoms with Crippen LogP contribution in [0.5, 0.6) is 17.2 Å². The Labute approximate surface area is 249 Å². The van der Waals surface area contributed by atoms with Crippen LogP contribution >= 0.6 is 0 Å². The number of aromatic nitrogens is 1. The van der Waals surface area contributed by atoms with Gasteiger partial charge < -0.3 is 36.1 Å². The topological polar surface area (TPSA) is 139 Å². The number of phenols is 2. The van der Waals surface area contributed by atoms with Gasteiger partial charge in [-0.15, -0.1) is 0 Å². The fourth-order valence-electron chi connectivity index (χ4n) is 8.66. The number of phenolic OH excluding ortho intramolecular Hbond substituents is 2. The fraction of sp³-hybridized carbons (Fsp3) is 0.382. The lowest BCUT2D eigenvalue weighted by molar-refractivity contribution is -0.173. The van der Waals surface area contributed by atoms with E-state index in [1.807, 2.05) is 30.3 Å². The minimum Gasteiger partial charge on any atom is -0.508 e. The molecule has 220 valence electrons. The number of rotatable bonds is 5. The number of aromatic hydroxyl groups is 2. The number of ether oxygens (including phenoxy) is 1. The van der Waals surface area contributed by atoms with Crippen LogP contribution < -0.4 is 15.8 Å². The summed E-state index contributed by atoms with van der Waals surface area (Å²) in [6, 6.07) is 16.8. The van der Waals surface area contributed by atoms with Crippen LogP contribution in [0.15, 0.2) is 59.6 Å². The minimum absolute atomic E-state index is 0.0157. The Morgan fingerprint density at radius 1 is 1.12 bits per heavy atom. The Hall–Kier alpha value is -4.21. The summed E-state index contributed by atoms with van der Waals surface area (Å²) in [6.07, 6.45) is 4.19. The van der Waals surface area contributed by atoms with E-state index in [1.54, 1.807) is 18.2 Å². The molecule has 1 aromatic heterocycles. The third-order valence-electron chi connectivity index (χ3n) is 10.8. The number of nitrogens with two attached hydrogens (primary N) is 1. The van der Waals surface area contributed by atoms with Crippen LogP contribution in [0.2, 0.25) is 0 Å². The van der Waals surface area contributed by atoms with E-state index in [0.29, 0.717) is 24.7 Å². The highest BCUT2D eigenvalue weighted by atomic mass is 16.5. The summed E-state index contributed by atoms with van der Waals surface area (Å²) < 4.78 is 6.71. The van der Waals surface area contributed by atoms with Gasteiger partial charge in [-0.1, -0.05) is 18.2 Å². The monoisotopic (exact) mass is 577 g/mol. The van der Waals surface area contributed by atoms with Gasteiger partial charge in [-0.2, -0.15) is 0 Å². The van der Waals surface area contributed by atoms with Crippen LogP contribution in [0.1, 0.15) is 53.3 Å². The van der Waals surface area contributed by atoms with Crippen LogP contribution in [0, 0.1) is 5.92 Å². The van der Waals surface area contributed by atoms with Crippen molar-refractivity contribution in [1.29, 1.82) is 0 Å². The molecular formula is C34H35N5O4. The van der Waals surface area contributed by atoms with Gasteiger partial charge >= 0.3 is 0 Å². The van der Waals surface area contributed by atoms with Gasteiger partial charge in [0.05, 0.1) is 23.3 Å². The molecule has 7 N–H and O–H groups in total. The molecule has 9 rings (SSSR count). The number of hydrogen-bond acceptors (Lipinski definition) is 6. The summed E-state index contributed by atoms with van der Waals surface area (Å²) >= 11 is 0. The first-order chi connectivity index (χ1) is 20.8. The number of benzene rings is 3. The Morgan fingerprint density at radius 3 is 2.77 bits per heavy atom. The lowest BCUT2D eigenvalue weighted by atomic mass is 9.49. The summed E-state index contributed by atoms with van der Waals surface area (Å²) in [4.78, 5) is 10.7. The Morgan fingerprint density at radius 2 is 1.95 bits per heavy atom. The SMILES string of the molecule is NC(=NCc1ccc(O)cc1)Nc1ccc2[nH]c3c(c2c1)C[C@@]1(O)[C@@H]2Cc4ccc(O)c5c4[C@@]1(CCN2CC1CC1)[C@H]3O5. The predicted octanol–water partition coefficient (Wildman–Crippen LogP) is 4.21. The average molecular weight is 578 g/mol. The quantitative estimate of drug-likeness (QED) is 0.154. The van der Waals surface area contributed by atoms with E-state index in [0.717, 1.165) is 70.8 Å². The van der Waals surface area contributed by atoms with Gasteiger partial charge in [0.1, 0.15) is 5.75 Å². The van der Waals surface area contributed by atoms with Crippen LogP contribution in [0.3, 0.4) is 0 Å². The number of likely N-dealkylation sites (tertiary alicyclic amines) is 1.